The molecular formula is C14H18BrN3. The lowest BCUT2D eigenvalue weighted by molar-refractivity contribution is 0.178. The van der Waals surface area contributed by atoms with Crippen LogP contribution >= 0.6 is 15.9 Å². The van der Waals surface area contributed by atoms with Crippen molar-refractivity contribution >= 4 is 27.0 Å². The molecule has 3 nitrogen and oxygen atoms in total. The zero-order valence-electron chi connectivity index (χ0n) is 11.1. The topological polar surface area (TPSA) is 21.1 Å². The van der Waals surface area contributed by atoms with E-state index in [1.807, 2.05) is 6.20 Å². The van der Waals surface area contributed by atoms with Crippen molar-refractivity contribution in [3.63, 3.8) is 0 Å². The van der Waals surface area contributed by atoms with Crippen molar-refractivity contribution in [2.24, 2.45) is 0 Å². The maximum Gasteiger partial charge on any atom is 0.140 e. The second-order valence-electron chi connectivity index (χ2n) is 5.31. The van der Waals surface area contributed by atoms with Gasteiger partial charge in [-0.2, -0.15) is 0 Å². The molecule has 3 heterocycles. The molecule has 1 aliphatic heterocycles. The highest BCUT2D eigenvalue weighted by Gasteiger charge is 2.23. The number of aryl methyl sites for hydroxylation is 1. The van der Waals surface area contributed by atoms with E-state index in [-0.39, 0.29) is 0 Å². The Bertz CT molecular complexity index is 601. The molecule has 0 radical (unpaired) electrons. The van der Waals surface area contributed by atoms with Crippen LogP contribution in [-0.2, 0) is 13.1 Å². The largest absolute Gasteiger partial charge is 0.327 e. The SMILES string of the molecule is Cc1c2n(c3ncc(Br)cc13)CCN(C(C)C)C2. The fourth-order valence-corrected chi connectivity index (χ4v) is 3.13. The summed E-state index contributed by atoms with van der Waals surface area (Å²) in [5.41, 5.74) is 3.94. The summed E-state index contributed by atoms with van der Waals surface area (Å²) >= 11 is 3.51. The minimum atomic E-state index is 0.607. The minimum absolute atomic E-state index is 0.607. The highest BCUT2D eigenvalue weighted by molar-refractivity contribution is 9.10. The Balaban J connectivity index is 2.15. The van der Waals surface area contributed by atoms with E-state index in [0.717, 1.165) is 29.8 Å². The molecule has 0 bridgehead atoms. The number of hydrogen-bond donors (Lipinski definition) is 0. The zero-order valence-corrected chi connectivity index (χ0v) is 12.7. The number of nitrogens with zero attached hydrogens (tertiary/aromatic N) is 3. The van der Waals surface area contributed by atoms with Crippen molar-refractivity contribution in [2.45, 2.75) is 39.9 Å². The Morgan fingerprint density at radius 2 is 2.11 bits per heavy atom. The van der Waals surface area contributed by atoms with Crippen LogP contribution in [0.3, 0.4) is 0 Å². The summed E-state index contributed by atoms with van der Waals surface area (Å²) in [5.74, 6) is 0. The first-order valence-electron chi connectivity index (χ1n) is 6.45. The smallest absolute Gasteiger partial charge is 0.140 e. The third-order valence-corrected chi connectivity index (χ3v) is 4.38. The molecule has 0 aliphatic carbocycles. The summed E-state index contributed by atoms with van der Waals surface area (Å²) < 4.78 is 3.44. The van der Waals surface area contributed by atoms with Gasteiger partial charge in [0.15, 0.2) is 0 Å². The standard InChI is InChI=1S/C14H18BrN3/c1-9(2)17-4-5-18-13(8-17)10(3)12-6-11(15)7-16-14(12)18/h6-7,9H,4-5,8H2,1-3H3. The molecule has 0 saturated carbocycles. The van der Waals surface area contributed by atoms with Crippen LogP contribution in [0.1, 0.15) is 25.1 Å². The van der Waals surface area contributed by atoms with Crippen molar-refractivity contribution in [3.8, 4) is 0 Å². The first-order chi connectivity index (χ1) is 8.58. The van der Waals surface area contributed by atoms with Crippen molar-refractivity contribution in [1.82, 2.24) is 14.5 Å². The predicted molar refractivity (Wildman–Crippen MR) is 77.7 cm³/mol. The average molecular weight is 308 g/mol. The highest BCUT2D eigenvalue weighted by atomic mass is 79.9. The van der Waals surface area contributed by atoms with Crippen LogP contribution in [0.25, 0.3) is 11.0 Å². The van der Waals surface area contributed by atoms with Gasteiger partial charge < -0.3 is 4.57 Å². The molecule has 0 spiro atoms. The average Bonchev–Trinajstić information content (AvgIpc) is 2.62. The lowest BCUT2D eigenvalue weighted by atomic mass is 10.1. The zero-order chi connectivity index (χ0) is 12.9. The van der Waals surface area contributed by atoms with E-state index in [1.165, 1.54) is 16.6 Å². The third kappa shape index (κ3) is 1.79. The predicted octanol–water partition coefficient (Wildman–Crippen LogP) is 3.33. The van der Waals surface area contributed by atoms with Crippen LogP contribution in [0.4, 0.5) is 0 Å². The van der Waals surface area contributed by atoms with Gasteiger partial charge in [-0.3, -0.25) is 4.90 Å². The van der Waals surface area contributed by atoms with Gasteiger partial charge in [-0.1, -0.05) is 0 Å². The molecule has 0 atom stereocenters. The van der Waals surface area contributed by atoms with Gasteiger partial charge in [0.2, 0.25) is 0 Å². The molecule has 0 fully saturated rings. The number of pyridine rings is 1. The van der Waals surface area contributed by atoms with E-state index in [0.29, 0.717) is 6.04 Å². The lowest BCUT2D eigenvalue weighted by Gasteiger charge is -2.32. The fraction of sp³-hybridized carbons (Fsp3) is 0.500. The normalized spacial score (nSPS) is 16.5. The molecule has 18 heavy (non-hydrogen) atoms. The molecular weight excluding hydrogens is 290 g/mol. The van der Waals surface area contributed by atoms with E-state index in [4.69, 9.17) is 0 Å². The van der Waals surface area contributed by atoms with E-state index in [2.05, 4.69) is 57.2 Å². The lowest BCUT2D eigenvalue weighted by Crippen LogP contribution is -2.38. The number of aromatic nitrogens is 2. The summed E-state index contributed by atoms with van der Waals surface area (Å²) in [6, 6.07) is 2.79. The van der Waals surface area contributed by atoms with Gasteiger partial charge in [0.25, 0.3) is 0 Å². The number of fused-ring (bicyclic) bond motifs is 3. The van der Waals surface area contributed by atoms with E-state index >= 15 is 0 Å². The number of rotatable bonds is 1. The van der Waals surface area contributed by atoms with Crippen LogP contribution in [-0.4, -0.2) is 27.0 Å². The fourth-order valence-electron chi connectivity index (χ4n) is 2.79. The molecule has 1 aliphatic rings. The van der Waals surface area contributed by atoms with Crippen molar-refractivity contribution < 1.29 is 0 Å². The van der Waals surface area contributed by atoms with Crippen LogP contribution < -0.4 is 0 Å². The molecule has 0 saturated heterocycles. The molecule has 3 rings (SSSR count). The first kappa shape index (κ1) is 12.2. The van der Waals surface area contributed by atoms with Gasteiger partial charge in [-0.05, 0) is 48.3 Å². The van der Waals surface area contributed by atoms with Gasteiger partial charge >= 0.3 is 0 Å². The molecule has 0 unspecified atom stereocenters. The van der Waals surface area contributed by atoms with Gasteiger partial charge in [-0.25, -0.2) is 4.98 Å². The van der Waals surface area contributed by atoms with Crippen molar-refractivity contribution in [1.29, 1.82) is 0 Å². The number of hydrogen-bond acceptors (Lipinski definition) is 2. The Morgan fingerprint density at radius 3 is 2.83 bits per heavy atom. The highest BCUT2D eigenvalue weighted by Crippen LogP contribution is 2.30. The molecule has 0 N–H and O–H groups in total. The van der Waals surface area contributed by atoms with Crippen LogP contribution in [0, 0.1) is 6.92 Å². The molecule has 4 heteroatoms. The Hall–Kier alpha value is -0.870. The summed E-state index contributed by atoms with van der Waals surface area (Å²) in [5, 5.41) is 1.28. The molecule has 0 amide bonds. The minimum Gasteiger partial charge on any atom is -0.327 e. The Morgan fingerprint density at radius 1 is 1.33 bits per heavy atom. The van der Waals surface area contributed by atoms with E-state index in [9.17, 15) is 0 Å². The van der Waals surface area contributed by atoms with Crippen LogP contribution in [0.2, 0.25) is 0 Å². The summed E-state index contributed by atoms with van der Waals surface area (Å²) in [7, 11) is 0. The first-order valence-corrected chi connectivity index (χ1v) is 7.24. The molecule has 2 aromatic heterocycles. The molecule has 96 valence electrons. The second kappa shape index (κ2) is 4.35. The van der Waals surface area contributed by atoms with Gasteiger partial charge in [-0.15, -0.1) is 0 Å². The second-order valence-corrected chi connectivity index (χ2v) is 6.23. The summed E-state index contributed by atoms with van der Waals surface area (Å²) in [6.45, 7) is 9.95. The van der Waals surface area contributed by atoms with E-state index < -0.39 is 0 Å². The monoisotopic (exact) mass is 307 g/mol. The van der Waals surface area contributed by atoms with E-state index in [1.54, 1.807) is 0 Å². The Labute approximate surface area is 116 Å². The maximum absolute atomic E-state index is 4.58. The van der Waals surface area contributed by atoms with Crippen LogP contribution in [0.5, 0.6) is 0 Å². The van der Waals surface area contributed by atoms with Crippen molar-refractivity contribution in [3.05, 3.63) is 28.0 Å². The maximum atomic E-state index is 4.58. The molecule has 0 aromatic carbocycles. The van der Waals surface area contributed by atoms with Gasteiger partial charge in [0.05, 0.1) is 0 Å². The summed E-state index contributed by atoms with van der Waals surface area (Å²) in [6.07, 6.45) is 1.89. The number of halogens is 1. The summed E-state index contributed by atoms with van der Waals surface area (Å²) in [4.78, 5) is 7.11. The molecule has 2 aromatic rings. The van der Waals surface area contributed by atoms with Gasteiger partial charge in [0, 0.05) is 47.4 Å². The quantitative estimate of drug-likeness (QED) is 0.806. The Kier molecular flexibility index (Phi) is 2.94. The van der Waals surface area contributed by atoms with Crippen LogP contribution in [0.15, 0.2) is 16.7 Å². The third-order valence-electron chi connectivity index (χ3n) is 3.95. The van der Waals surface area contributed by atoms with Crippen molar-refractivity contribution in [2.75, 3.05) is 6.54 Å². The van der Waals surface area contributed by atoms with Gasteiger partial charge in [0.1, 0.15) is 5.65 Å².